The van der Waals surface area contributed by atoms with Crippen molar-refractivity contribution in [2.45, 2.75) is 6.92 Å². The Balaban J connectivity index is 2.61. The second-order valence-electron chi connectivity index (χ2n) is 3.83. The first-order valence-corrected chi connectivity index (χ1v) is 5.53. The van der Waals surface area contributed by atoms with E-state index in [0.717, 1.165) is 5.56 Å². The first kappa shape index (κ1) is 12.8. The van der Waals surface area contributed by atoms with Crippen molar-refractivity contribution in [1.29, 1.82) is 5.26 Å². The first-order chi connectivity index (χ1) is 9.17. The van der Waals surface area contributed by atoms with E-state index in [4.69, 9.17) is 14.7 Å². The quantitative estimate of drug-likeness (QED) is 0.794. The lowest BCUT2D eigenvalue weighted by molar-refractivity contribution is 0.398. The fraction of sp³-hybridized carbons (Fsp3) is 0.143. The summed E-state index contributed by atoms with van der Waals surface area (Å²) in [5.74, 6) is 0.216. The fourth-order valence-corrected chi connectivity index (χ4v) is 1.76. The highest BCUT2D eigenvalue weighted by Gasteiger charge is 2.14. The molecule has 1 heterocycles. The predicted octanol–water partition coefficient (Wildman–Crippen LogP) is 3.06. The van der Waals surface area contributed by atoms with Gasteiger partial charge < -0.3 is 9.47 Å². The summed E-state index contributed by atoms with van der Waals surface area (Å²) in [6, 6.07) is 6.32. The smallest absolute Gasteiger partial charge is 0.292 e. The van der Waals surface area contributed by atoms with Gasteiger partial charge in [-0.15, -0.1) is 5.26 Å². The van der Waals surface area contributed by atoms with Crippen LogP contribution in [0, 0.1) is 24.3 Å². The minimum Gasteiger partial charge on any atom is -0.481 e. The molecule has 1 aromatic carbocycles. The highest BCUT2D eigenvalue weighted by Crippen LogP contribution is 2.35. The number of nitriles is 1. The standard InChI is InChI=1S/C14H11FN2O2/c1-9-12(15)4-3-11(14(9)19-8-16)10-5-6-17-13(7-10)18-2/h3-7H,1-2H3. The van der Waals surface area contributed by atoms with Gasteiger partial charge in [-0.05, 0) is 30.7 Å². The molecule has 0 saturated carbocycles. The van der Waals surface area contributed by atoms with Crippen molar-refractivity contribution in [2.24, 2.45) is 0 Å². The molecule has 0 spiro atoms. The maximum atomic E-state index is 13.5. The van der Waals surface area contributed by atoms with Crippen LogP contribution in [-0.2, 0) is 0 Å². The van der Waals surface area contributed by atoms with Gasteiger partial charge in [0, 0.05) is 23.4 Å². The van der Waals surface area contributed by atoms with Gasteiger partial charge in [-0.3, -0.25) is 0 Å². The molecule has 0 amide bonds. The lowest BCUT2D eigenvalue weighted by Gasteiger charge is -2.10. The van der Waals surface area contributed by atoms with E-state index < -0.39 is 5.82 Å². The molecule has 96 valence electrons. The molecule has 2 aromatic rings. The van der Waals surface area contributed by atoms with Crippen LogP contribution in [0.15, 0.2) is 30.5 Å². The summed E-state index contributed by atoms with van der Waals surface area (Å²) < 4.78 is 23.4. The van der Waals surface area contributed by atoms with E-state index in [0.29, 0.717) is 11.4 Å². The zero-order valence-corrected chi connectivity index (χ0v) is 10.5. The maximum Gasteiger partial charge on any atom is 0.292 e. The van der Waals surface area contributed by atoms with Gasteiger partial charge in [-0.2, -0.15) is 0 Å². The zero-order chi connectivity index (χ0) is 13.8. The molecule has 0 N–H and O–H groups in total. The summed E-state index contributed by atoms with van der Waals surface area (Å²) in [5.41, 5.74) is 1.64. The average Bonchev–Trinajstić information content (AvgIpc) is 2.44. The van der Waals surface area contributed by atoms with E-state index >= 15 is 0 Å². The summed E-state index contributed by atoms with van der Waals surface area (Å²) in [5, 5.41) is 8.68. The third kappa shape index (κ3) is 2.47. The Labute approximate surface area is 110 Å². The zero-order valence-electron chi connectivity index (χ0n) is 10.5. The number of rotatable bonds is 3. The van der Waals surface area contributed by atoms with Crippen LogP contribution in [0.1, 0.15) is 5.56 Å². The van der Waals surface area contributed by atoms with Crippen LogP contribution in [0.2, 0.25) is 0 Å². The molecule has 0 atom stereocenters. The van der Waals surface area contributed by atoms with Crippen LogP contribution < -0.4 is 9.47 Å². The predicted molar refractivity (Wildman–Crippen MR) is 67.2 cm³/mol. The highest BCUT2D eigenvalue weighted by atomic mass is 19.1. The summed E-state index contributed by atoms with van der Waals surface area (Å²) in [6.07, 6.45) is 3.15. The molecule has 0 fully saturated rings. The van der Waals surface area contributed by atoms with Gasteiger partial charge >= 0.3 is 0 Å². The number of halogens is 1. The Hall–Kier alpha value is -2.61. The molecule has 0 bridgehead atoms. The van der Waals surface area contributed by atoms with Crippen LogP contribution in [0.5, 0.6) is 11.6 Å². The molecule has 0 aliphatic rings. The highest BCUT2D eigenvalue weighted by molar-refractivity contribution is 5.72. The lowest BCUT2D eigenvalue weighted by Crippen LogP contribution is -1.95. The van der Waals surface area contributed by atoms with Crippen molar-refractivity contribution >= 4 is 0 Å². The number of pyridine rings is 1. The van der Waals surface area contributed by atoms with Crippen LogP contribution in [0.3, 0.4) is 0 Å². The molecule has 1 aromatic heterocycles. The van der Waals surface area contributed by atoms with Crippen molar-refractivity contribution in [3.63, 3.8) is 0 Å². The molecular weight excluding hydrogens is 247 g/mol. The topological polar surface area (TPSA) is 55.1 Å². The largest absolute Gasteiger partial charge is 0.481 e. The minimum atomic E-state index is -0.421. The Morgan fingerprint density at radius 1 is 1.32 bits per heavy atom. The van der Waals surface area contributed by atoms with Crippen molar-refractivity contribution in [3.05, 3.63) is 41.8 Å². The number of benzene rings is 1. The third-order valence-corrected chi connectivity index (χ3v) is 2.74. The summed E-state index contributed by atoms with van der Waals surface area (Å²) in [7, 11) is 1.51. The van der Waals surface area contributed by atoms with Crippen molar-refractivity contribution in [3.8, 4) is 29.0 Å². The first-order valence-electron chi connectivity index (χ1n) is 5.53. The number of hydrogen-bond acceptors (Lipinski definition) is 4. The van der Waals surface area contributed by atoms with Gasteiger partial charge in [0.2, 0.25) is 5.88 Å². The lowest BCUT2D eigenvalue weighted by atomic mass is 10.0. The normalized spacial score (nSPS) is 9.79. The van der Waals surface area contributed by atoms with Crippen molar-refractivity contribution in [2.75, 3.05) is 7.11 Å². The van der Waals surface area contributed by atoms with Crippen molar-refractivity contribution in [1.82, 2.24) is 4.98 Å². The Bertz CT molecular complexity index is 650. The van der Waals surface area contributed by atoms with E-state index in [2.05, 4.69) is 4.98 Å². The van der Waals surface area contributed by atoms with E-state index in [-0.39, 0.29) is 11.3 Å². The number of aromatic nitrogens is 1. The van der Waals surface area contributed by atoms with E-state index in [9.17, 15) is 4.39 Å². The molecule has 2 rings (SSSR count). The van der Waals surface area contributed by atoms with Gasteiger partial charge in [0.15, 0.2) is 5.75 Å². The summed E-state index contributed by atoms with van der Waals surface area (Å²) in [6.45, 7) is 1.56. The molecule has 19 heavy (non-hydrogen) atoms. The molecular formula is C14H11FN2O2. The second kappa shape index (κ2) is 5.36. The number of ether oxygens (including phenoxy) is 2. The molecule has 0 aliphatic heterocycles. The number of nitrogens with zero attached hydrogens (tertiary/aromatic N) is 2. The monoisotopic (exact) mass is 258 g/mol. The van der Waals surface area contributed by atoms with Gasteiger partial charge in [-0.1, -0.05) is 0 Å². The third-order valence-electron chi connectivity index (χ3n) is 2.74. The Kier molecular flexibility index (Phi) is 3.62. The van der Waals surface area contributed by atoms with Gasteiger partial charge in [0.1, 0.15) is 5.82 Å². The van der Waals surface area contributed by atoms with E-state index in [1.807, 2.05) is 0 Å². The second-order valence-corrected chi connectivity index (χ2v) is 3.83. The summed E-state index contributed by atoms with van der Waals surface area (Å²) >= 11 is 0. The van der Waals surface area contributed by atoms with Crippen LogP contribution in [0.25, 0.3) is 11.1 Å². The molecule has 4 nitrogen and oxygen atoms in total. The fourth-order valence-electron chi connectivity index (χ4n) is 1.76. The average molecular weight is 258 g/mol. The van der Waals surface area contributed by atoms with E-state index in [1.54, 1.807) is 37.6 Å². The van der Waals surface area contributed by atoms with Gasteiger partial charge in [-0.25, -0.2) is 9.37 Å². The molecule has 5 heteroatoms. The Morgan fingerprint density at radius 2 is 2.11 bits per heavy atom. The van der Waals surface area contributed by atoms with Crippen LogP contribution >= 0.6 is 0 Å². The molecule has 0 radical (unpaired) electrons. The van der Waals surface area contributed by atoms with Gasteiger partial charge in [0.25, 0.3) is 6.26 Å². The van der Waals surface area contributed by atoms with Crippen molar-refractivity contribution < 1.29 is 13.9 Å². The summed E-state index contributed by atoms with van der Waals surface area (Å²) in [4.78, 5) is 4.00. The van der Waals surface area contributed by atoms with Crippen LogP contribution in [0.4, 0.5) is 4.39 Å². The minimum absolute atomic E-state index is 0.204. The molecule has 0 aliphatic carbocycles. The van der Waals surface area contributed by atoms with Gasteiger partial charge in [0.05, 0.1) is 7.11 Å². The SMILES string of the molecule is COc1cc(-c2ccc(F)c(C)c2OC#N)ccn1. The number of hydrogen-bond donors (Lipinski definition) is 0. The van der Waals surface area contributed by atoms with Crippen LogP contribution in [-0.4, -0.2) is 12.1 Å². The number of methoxy groups -OCH3 is 1. The molecule has 0 unspecified atom stereocenters. The maximum absolute atomic E-state index is 13.5. The van der Waals surface area contributed by atoms with E-state index in [1.165, 1.54) is 13.2 Å². The Morgan fingerprint density at radius 3 is 2.79 bits per heavy atom. The molecule has 0 saturated heterocycles.